The second kappa shape index (κ2) is 2.99. The minimum absolute atomic E-state index is 0.829. The van der Waals surface area contributed by atoms with Gasteiger partial charge in [0, 0.05) is 0 Å². The van der Waals surface area contributed by atoms with Gasteiger partial charge in [0.1, 0.15) is 2.82 Å². The summed E-state index contributed by atoms with van der Waals surface area (Å²) in [6.07, 6.45) is 0. The standard InChI is InChI=1S/C4H11NO3/c5-4(1-6,2-7)3-8/h6-8H,1-3,5H2/i1D2,2D2,3D2,6D,7D,8D/hD2. The highest BCUT2D eigenvalue weighted by atomic mass is 16.3. The van der Waals surface area contributed by atoms with E-state index in [4.69, 9.17) is 15.3 Å². The Kier molecular flexibility index (Phi) is 0.430. The molecule has 4 heteroatoms. The molecule has 0 radical (unpaired) electrons. The third-order valence-corrected chi connectivity index (χ3v) is 0.443. The first-order chi connectivity index (χ1) is 8.38. The van der Waals surface area contributed by atoms with Gasteiger partial charge in [0.25, 0.3) is 0 Å². The summed E-state index contributed by atoms with van der Waals surface area (Å²) < 4.78 is 77.5. The van der Waals surface area contributed by atoms with Gasteiger partial charge in [0.2, 0.25) is 4.29 Å². The highest BCUT2D eigenvalue weighted by molar-refractivity contribution is 4.80. The van der Waals surface area contributed by atoms with Crippen LogP contribution in [0.4, 0.5) is 0 Å². The summed E-state index contributed by atoms with van der Waals surface area (Å²) in [5.41, 5.74) is -4.55. The second-order valence-corrected chi connectivity index (χ2v) is 1.02. The highest BCUT2D eigenvalue weighted by Gasteiger charge is 2.20. The molecule has 0 aromatic carbocycles. The van der Waals surface area contributed by atoms with Gasteiger partial charge in [-0.2, -0.15) is 0 Å². The lowest BCUT2D eigenvalue weighted by atomic mass is 10.1. The van der Waals surface area contributed by atoms with E-state index in [1.807, 2.05) is 0 Å². The summed E-state index contributed by atoms with van der Waals surface area (Å²) in [7, 11) is 0. The molecule has 0 fully saturated rings. The van der Waals surface area contributed by atoms with Crippen LogP contribution in [0.2, 0.25) is 2.82 Å². The van der Waals surface area contributed by atoms with Crippen molar-refractivity contribution in [3.8, 4) is 0 Å². The number of rotatable bonds is 7. The maximum Gasteiger partial charge on any atom is 0.210 e. The third-order valence-electron chi connectivity index (χ3n) is 0.443. The molecular formula is C4H11NO3. The van der Waals surface area contributed by atoms with E-state index >= 15 is 0 Å². The smallest absolute Gasteiger partial charge is 0.210 e. The Morgan fingerprint density at radius 3 is 2.25 bits per heavy atom. The Morgan fingerprint density at radius 2 is 2.00 bits per heavy atom. The molecule has 8 heavy (non-hydrogen) atoms. The van der Waals surface area contributed by atoms with Crippen molar-refractivity contribution >= 4 is 0 Å². The molecular weight excluding hydrogens is 110 g/mol. The minimum Gasteiger partial charge on any atom is -0.394 e. The topological polar surface area (TPSA) is 86.7 Å². The van der Waals surface area contributed by atoms with E-state index in [0.717, 1.165) is 0 Å². The molecule has 0 amide bonds. The Balaban J connectivity index is 6.41. The molecule has 0 saturated heterocycles. The maximum absolute atomic E-state index is 7.30. The van der Waals surface area contributed by atoms with Crippen molar-refractivity contribution in [3.05, 3.63) is 0 Å². The van der Waals surface area contributed by atoms with Gasteiger partial charge in [0.05, 0.1) is 33.4 Å². The van der Waals surface area contributed by atoms with Crippen LogP contribution >= 0.6 is 0 Å². The summed E-state index contributed by atoms with van der Waals surface area (Å²) in [5, 5.41) is 10.6. The minimum atomic E-state index is -3.72. The summed E-state index contributed by atoms with van der Waals surface area (Å²) in [6.45, 7) is -11.0. The van der Waals surface area contributed by atoms with E-state index in [1.54, 1.807) is 0 Å². The fourth-order valence-corrected chi connectivity index (χ4v) is 0.0625. The van der Waals surface area contributed by atoms with Gasteiger partial charge in [-0.25, -0.2) is 0 Å². The molecule has 0 unspecified atom stereocenters. The number of hydrogen-bond donors (Lipinski definition) is 4. The van der Waals surface area contributed by atoms with Gasteiger partial charge in [0.15, 0.2) is 0 Å². The average Bonchev–Trinajstić information content (AvgIpc) is 2.28. The van der Waals surface area contributed by atoms with Crippen LogP contribution in [-0.4, -0.2) is 44.8 Å². The summed E-state index contributed by atoms with van der Waals surface area (Å²) >= 11 is 0. The summed E-state index contributed by atoms with van der Waals surface area (Å²) in [6, 6.07) is 0. The fraction of sp³-hybridized carbons (Fsp3) is 1.00. The molecule has 0 saturated carbocycles. The molecule has 0 aliphatic carbocycles. The predicted octanol–water partition coefficient (Wildman–Crippen LogP) is -2.34. The van der Waals surface area contributed by atoms with E-state index in [9.17, 15) is 0 Å². The zero-order valence-corrected chi connectivity index (χ0v) is 3.67. The van der Waals surface area contributed by atoms with Crippen molar-refractivity contribution in [2.45, 2.75) is 5.54 Å². The van der Waals surface area contributed by atoms with Gasteiger partial charge in [-0.15, -0.1) is 0 Å². The Hall–Kier alpha value is -0.160. The van der Waals surface area contributed by atoms with Gasteiger partial charge >= 0.3 is 0 Å². The molecule has 0 aliphatic rings. The molecule has 4 nitrogen and oxygen atoms in total. The lowest BCUT2D eigenvalue weighted by Gasteiger charge is -2.20. The van der Waals surface area contributed by atoms with Gasteiger partial charge in [-0.05, 0) is 0 Å². The van der Waals surface area contributed by atoms with Crippen LogP contribution in [0.3, 0.4) is 0 Å². The molecule has 0 spiro atoms. The molecule has 0 atom stereocenters. The molecule has 0 aromatic rings. The van der Waals surface area contributed by atoms with Crippen LogP contribution in [0.15, 0.2) is 0 Å². The first-order valence-corrected chi connectivity index (χ1v) is 1.59. The van der Waals surface area contributed by atoms with E-state index in [2.05, 4.69) is 15.3 Å². The van der Waals surface area contributed by atoms with Crippen LogP contribution in [0.5, 0.6) is 0 Å². The van der Waals surface area contributed by atoms with Crippen molar-refractivity contribution < 1.29 is 26.4 Å². The normalized spacial score (nSPS) is 37.4. The summed E-state index contributed by atoms with van der Waals surface area (Å²) in [5.74, 6) is 0. The van der Waals surface area contributed by atoms with Crippen LogP contribution in [-0.2, 0) is 0 Å². The Labute approximate surface area is 63.4 Å². The Morgan fingerprint density at radius 1 is 1.50 bits per heavy atom. The predicted molar refractivity (Wildman–Crippen MR) is 28.2 cm³/mol. The second-order valence-electron chi connectivity index (χ2n) is 1.02. The zero-order chi connectivity index (χ0) is 15.7. The molecule has 0 rings (SSSR count). The molecule has 0 aromatic heterocycles. The SMILES string of the molecule is [2H]OC([2H])([2H])C(N([2H])[2H])(C([2H])([2H])O[2H])C([2H])([2H])O[2H]. The molecule has 50 valence electrons. The van der Waals surface area contributed by atoms with Gasteiger partial charge in [-0.3, -0.25) is 0 Å². The van der Waals surface area contributed by atoms with Crippen LogP contribution in [0.25, 0.3) is 0 Å². The molecule has 0 heterocycles. The lowest BCUT2D eigenvalue weighted by molar-refractivity contribution is 0.0698. The first-order valence-electron chi connectivity index (χ1n) is 6.71. The molecule has 5 N–H and O–H groups in total. The van der Waals surface area contributed by atoms with E-state index < -0.39 is 30.9 Å². The lowest BCUT2D eigenvalue weighted by Crippen LogP contribution is -2.50. The van der Waals surface area contributed by atoms with Crippen molar-refractivity contribution in [1.82, 2.24) is 0 Å². The first kappa shape index (κ1) is 1.15. The van der Waals surface area contributed by atoms with Crippen molar-refractivity contribution in [3.63, 3.8) is 0 Å². The Bertz CT molecular complexity index is 268. The summed E-state index contributed by atoms with van der Waals surface area (Å²) in [4.78, 5) is 0. The van der Waals surface area contributed by atoms with Crippen molar-refractivity contribution in [2.75, 3.05) is 19.7 Å². The zero-order valence-electron chi connectivity index (χ0n) is 14.7. The molecule has 0 aliphatic heterocycles. The highest BCUT2D eigenvalue weighted by Crippen LogP contribution is 1.93. The van der Waals surface area contributed by atoms with E-state index in [0.29, 0.717) is 0 Å². The number of aliphatic hydroxyl groups is 3. The monoisotopic (exact) mass is 132 g/mol. The van der Waals surface area contributed by atoms with Crippen molar-refractivity contribution in [1.29, 1.82) is 4.29 Å². The number of hydrogen-bond acceptors (Lipinski definition) is 4. The van der Waals surface area contributed by atoms with Gasteiger partial charge < -0.3 is 21.0 Å². The van der Waals surface area contributed by atoms with Crippen molar-refractivity contribution in [2.24, 2.45) is 5.72 Å². The maximum atomic E-state index is 7.30. The van der Waals surface area contributed by atoms with Crippen LogP contribution < -0.4 is 5.72 Å². The van der Waals surface area contributed by atoms with Crippen LogP contribution in [0, 0.1) is 0 Å². The third kappa shape index (κ3) is 1.75. The fourth-order valence-electron chi connectivity index (χ4n) is 0.0625. The average molecular weight is 132 g/mol. The van der Waals surface area contributed by atoms with E-state index in [-0.39, 0.29) is 0 Å². The number of nitrogens with two attached hydrogens (primary N) is 1. The van der Waals surface area contributed by atoms with Gasteiger partial charge in [-0.1, -0.05) is 0 Å². The van der Waals surface area contributed by atoms with E-state index in [1.165, 1.54) is 0 Å². The quantitative estimate of drug-likeness (QED) is 0.313. The molecule has 0 bridgehead atoms. The largest absolute Gasteiger partial charge is 0.394 e. The van der Waals surface area contributed by atoms with Crippen LogP contribution in [0.1, 0.15) is 8.22 Å².